The molecule has 0 aromatic heterocycles. The summed E-state index contributed by atoms with van der Waals surface area (Å²) in [4.78, 5) is 29.4. The summed E-state index contributed by atoms with van der Waals surface area (Å²) in [6.07, 6.45) is 6.17. The maximum Gasteiger partial charge on any atom is 0.239 e. The molecule has 2 aliphatic rings. The van der Waals surface area contributed by atoms with E-state index < -0.39 is 6.04 Å². The number of amides is 2. The summed E-state index contributed by atoms with van der Waals surface area (Å²) in [5, 5.41) is 0. The summed E-state index contributed by atoms with van der Waals surface area (Å²) >= 11 is 0. The molecule has 0 spiro atoms. The Bertz CT molecular complexity index is 613. The molecule has 3 rings (SSSR count). The summed E-state index contributed by atoms with van der Waals surface area (Å²) in [5.41, 5.74) is 7.24. The van der Waals surface area contributed by atoms with Crippen LogP contribution < -0.4 is 5.73 Å². The van der Waals surface area contributed by atoms with Gasteiger partial charge in [-0.05, 0) is 31.7 Å². The Hall–Kier alpha value is -1.88. The van der Waals surface area contributed by atoms with Gasteiger partial charge in [0.2, 0.25) is 11.8 Å². The first-order valence-electron chi connectivity index (χ1n) is 9.95. The van der Waals surface area contributed by atoms with Gasteiger partial charge < -0.3 is 15.5 Å². The molecule has 1 aliphatic heterocycles. The SMILES string of the molecule is C[C@@H]1CN(C(=O)[C@H](N)Cc2ccccc2)CCN1C(=O)C1CCCCC1. The summed E-state index contributed by atoms with van der Waals surface area (Å²) in [6.45, 7) is 3.84. The molecule has 0 radical (unpaired) electrons. The molecule has 2 atom stereocenters. The standard InChI is InChI=1S/C21H31N3O2/c1-16-15-23(21(26)19(22)14-17-8-4-2-5-9-17)12-13-24(16)20(25)18-10-6-3-7-11-18/h2,4-5,8-9,16,18-19H,3,6-7,10-15,22H2,1H3/t16-,19-/m1/s1. The van der Waals surface area contributed by atoms with E-state index in [1.54, 1.807) is 0 Å². The lowest BCUT2D eigenvalue weighted by Gasteiger charge is -2.42. The minimum absolute atomic E-state index is 0.00883. The van der Waals surface area contributed by atoms with Crippen molar-refractivity contribution in [2.45, 2.75) is 57.5 Å². The lowest BCUT2D eigenvalue weighted by Crippen LogP contribution is -2.59. The average molecular weight is 357 g/mol. The van der Waals surface area contributed by atoms with Crippen LogP contribution in [-0.4, -0.2) is 53.3 Å². The number of hydrogen-bond acceptors (Lipinski definition) is 3. The van der Waals surface area contributed by atoms with E-state index >= 15 is 0 Å². The van der Waals surface area contributed by atoms with Gasteiger partial charge in [0, 0.05) is 31.6 Å². The van der Waals surface area contributed by atoms with Gasteiger partial charge in [-0.25, -0.2) is 0 Å². The van der Waals surface area contributed by atoms with Crippen LogP contribution in [0.15, 0.2) is 30.3 Å². The van der Waals surface area contributed by atoms with Crippen LogP contribution in [0.4, 0.5) is 0 Å². The van der Waals surface area contributed by atoms with Gasteiger partial charge in [0.05, 0.1) is 6.04 Å². The summed E-state index contributed by atoms with van der Waals surface area (Å²) < 4.78 is 0. The molecule has 1 aromatic carbocycles. The highest BCUT2D eigenvalue weighted by Crippen LogP contribution is 2.27. The van der Waals surface area contributed by atoms with E-state index in [1.165, 1.54) is 6.42 Å². The second-order valence-corrected chi connectivity index (χ2v) is 7.80. The molecular weight excluding hydrogens is 326 g/mol. The van der Waals surface area contributed by atoms with Crippen molar-refractivity contribution in [3.63, 3.8) is 0 Å². The minimum atomic E-state index is -0.523. The molecule has 2 fully saturated rings. The number of piperazine rings is 1. The van der Waals surface area contributed by atoms with E-state index in [-0.39, 0.29) is 23.8 Å². The molecule has 26 heavy (non-hydrogen) atoms. The van der Waals surface area contributed by atoms with Crippen LogP contribution in [0, 0.1) is 5.92 Å². The van der Waals surface area contributed by atoms with Gasteiger partial charge in [0.25, 0.3) is 0 Å². The van der Waals surface area contributed by atoms with Gasteiger partial charge in [0.15, 0.2) is 0 Å². The summed E-state index contributed by atoms with van der Waals surface area (Å²) in [6, 6.07) is 9.42. The normalized spacial score (nSPS) is 22.9. The quantitative estimate of drug-likeness (QED) is 0.898. The van der Waals surface area contributed by atoms with Crippen molar-refractivity contribution < 1.29 is 9.59 Å². The van der Waals surface area contributed by atoms with Crippen LogP contribution in [0.3, 0.4) is 0 Å². The van der Waals surface area contributed by atoms with Gasteiger partial charge in [0.1, 0.15) is 0 Å². The van der Waals surface area contributed by atoms with E-state index in [0.717, 1.165) is 31.2 Å². The number of carbonyl (C=O) groups excluding carboxylic acids is 2. The van der Waals surface area contributed by atoms with Crippen molar-refractivity contribution in [1.29, 1.82) is 0 Å². The molecule has 142 valence electrons. The predicted octanol–water partition coefficient (Wildman–Crippen LogP) is 2.20. The van der Waals surface area contributed by atoms with Gasteiger partial charge in [-0.3, -0.25) is 9.59 Å². The molecule has 2 amide bonds. The van der Waals surface area contributed by atoms with Crippen LogP contribution in [0.2, 0.25) is 0 Å². The van der Waals surface area contributed by atoms with Gasteiger partial charge in [-0.1, -0.05) is 49.6 Å². The lowest BCUT2D eigenvalue weighted by molar-refractivity contribution is -0.146. The fraction of sp³-hybridized carbons (Fsp3) is 0.619. The Kier molecular flexibility index (Phi) is 6.30. The fourth-order valence-corrected chi connectivity index (χ4v) is 4.26. The highest BCUT2D eigenvalue weighted by molar-refractivity contribution is 5.83. The molecule has 0 bridgehead atoms. The van der Waals surface area contributed by atoms with Gasteiger partial charge in [-0.2, -0.15) is 0 Å². The Labute approximate surface area is 156 Å². The highest BCUT2D eigenvalue weighted by Gasteiger charge is 2.34. The van der Waals surface area contributed by atoms with Crippen molar-refractivity contribution >= 4 is 11.8 Å². The van der Waals surface area contributed by atoms with Crippen LogP contribution in [0.5, 0.6) is 0 Å². The Balaban J connectivity index is 1.54. The fourth-order valence-electron chi connectivity index (χ4n) is 4.26. The Morgan fingerprint density at radius 2 is 1.81 bits per heavy atom. The Morgan fingerprint density at radius 1 is 1.12 bits per heavy atom. The van der Waals surface area contributed by atoms with Gasteiger partial charge in [-0.15, -0.1) is 0 Å². The molecule has 5 nitrogen and oxygen atoms in total. The molecular formula is C21H31N3O2. The number of rotatable bonds is 4. The topological polar surface area (TPSA) is 66.6 Å². The van der Waals surface area contributed by atoms with Crippen LogP contribution in [0.25, 0.3) is 0 Å². The maximum atomic E-state index is 12.8. The van der Waals surface area contributed by atoms with Crippen molar-refractivity contribution in [3.05, 3.63) is 35.9 Å². The molecule has 1 aliphatic carbocycles. The Morgan fingerprint density at radius 3 is 2.46 bits per heavy atom. The zero-order chi connectivity index (χ0) is 18.5. The smallest absolute Gasteiger partial charge is 0.239 e. The van der Waals surface area contributed by atoms with Crippen LogP contribution in [-0.2, 0) is 16.0 Å². The third-order valence-corrected chi connectivity index (χ3v) is 5.79. The molecule has 1 aromatic rings. The second-order valence-electron chi connectivity index (χ2n) is 7.80. The molecule has 1 saturated heterocycles. The predicted molar refractivity (Wildman–Crippen MR) is 102 cm³/mol. The zero-order valence-corrected chi connectivity index (χ0v) is 15.8. The van der Waals surface area contributed by atoms with Crippen LogP contribution in [0.1, 0.15) is 44.6 Å². The summed E-state index contributed by atoms with van der Waals surface area (Å²) in [5.74, 6) is 0.470. The molecule has 1 heterocycles. The number of hydrogen-bond donors (Lipinski definition) is 1. The zero-order valence-electron chi connectivity index (χ0n) is 15.8. The number of carbonyl (C=O) groups is 2. The van der Waals surface area contributed by atoms with E-state index in [9.17, 15) is 9.59 Å². The summed E-state index contributed by atoms with van der Waals surface area (Å²) in [7, 11) is 0. The van der Waals surface area contributed by atoms with Crippen LogP contribution >= 0.6 is 0 Å². The van der Waals surface area contributed by atoms with Crippen molar-refractivity contribution in [2.75, 3.05) is 19.6 Å². The first kappa shape index (κ1) is 18.9. The van der Waals surface area contributed by atoms with E-state index in [2.05, 4.69) is 0 Å². The molecule has 0 unspecified atom stereocenters. The molecule has 5 heteroatoms. The third-order valence-electron chi connectivity index (χ3n) is 5.79. The second kappa shape index (κ2) is 8.67. The third kappa shape index (κ3) is 4.44. The largest absolute Gasteiger partial charge is 0.338 e. The van der Waals surface area contributed by atoms with Crippen molar-refractivity contribution in [3.8, 4) is 0 Å². The number of nitrogens with two attached hydrogens (primary N) is 1. The van der Waals surface area contributed by atoms with E-state index in [1.807, 2.05) is 47.1 Å². The molecule has 2 N–H and O–H groups in total. The maximum absolute atomic E-state index is 12.8. The lowest BCUT2D eigenvalue weighted by atomic mass is 9.87. The van der Waals surface area contributed by atoms with E-state index in [0.29, 0.717) is 26.1 Å². The van der Waals surface area contributed by atoms with Gasteiger partial charge >= 0.3 is 0 Å². The molecule has 1 saturated carbocycles. The average Bonchev–Trinajstić information content (AvgIpc) is 2.68. The van der Waals surface area contributed by atoms with Crippen molar-refractivity contribution in [1.82, 2.24) is 9.80 Å². The number of nitrogens with zero attached hydrogens (tertiary/aromatic N) is 2. The number of benzene rings is 1. The highest BCUT2D eigenvalue weighted by atomic mass is 16.2. The first-order valence-corrected chi connectivity index (χ1v) is 9.95. The van der Waals surface area contributed by atoms with Crippen molar-refractivity contribution in [2.24, 2.45) is 11.7 Å². The minimum Gasteiger partial charge on any atom is -0.338 e. The first-order chi connectivity index (χ1) is 12.6. The monoisotopic (exact) mass is 357 g/mol. The van der Waals surface area contributed by atoms with E-state index in [4.69, 9.17) is 5.73 Å².